The van der Waals surface area contributed by atoms with Gasteiger partial charge in [0.1, 0.15) is 4.90 Å². The van der Waals surface area contributed by atoms with E-state index < -0.39 is 10.0 Å². The first-order valence-electron chi connectivity index (χ1n) is 6.40. The van der Waals surface area contributed by atoms with Gasteiger partial charge in [-0.25, -0.2) is 8.42 Å². The Morgan fingerprint density at radius 1 is 1.38 bits per heavy atom. The molecule has 1 aromatic carbocycles. The van der Waals surface area contributed by atoms with E-state index in [1.54, 1.807) is 25.3 Å². The summed E-state index contributed by atoms with van der Waals surface area (Å²) in [6, 6.07) is 7.03. The van der Waals surface area contributed by atoms with E-state index in [0.29, 0.717) is 18.8 Å². The number of methoxy groups -OCH3 is 1. The second-order valence-corrected chi connectivity index (χ2v) is 6.08. The number of hydrogen-bond acceptors (Lipinski definition) is 5. The van der Waals surface area contributed by atoms with Gasteiger partial charge in [0, 0.05) is 25.4 Å². The molecule has 0 bridgehead atoms. The van der Waals surface area contributed by atoms with Gasteiger partial charge in [-0.15, -0.1) is 0 Å². The molecule has 0 aliphatic heterocycles. The molecule has 0 spiro atoms. The van der Waals surface area contributed by atoms with Crippen LogP contribution in [0, 0.1) is 0 Å². The molecule has 0 atom stereocenters. The summed E-state index contributed by atoms with van der Waals surface area (Å²) in [6.45, 7) is 2.70. The van der Waals surface area contributed by atoms with Crippen molar-refractivity contribution in [2.75, 3.05) is 17.6 Å². The van der Waals surface area contributed by atoms with Crippen LogP contribution in [-0.4, -0.2) is 25.3 Å². The largest absolute Gasteiger partial charge is 0.381 e. The van der Waals surface area contributed by atoms with Crippen molar-refractivity contribution in [3.8, 4) is 0 Å². The predicted octanol–water partition coefficient (Wildman–Crippen LogP) is 1.43. The first-order chi connectivity index (χ1) is 9.97. The highest BCUT2D eigenvalue weighted by molar-refractivity contribution is 7.92. The maximum atomic E-state index is 12.4. The molecule has 0 saturated heterocycles. The molecule has 0 radical (unpaired) electrons. The van der Waals surface area contributed by atoms with E-state index in [0.717, 1.165) is 5.56 Å². The number of para-hydroxylation sites is 1. The zero-order valence-corrected chi connectivity index (χ0v) is 12.7. The first kappa shape index (κ1) is 15.3. The lowest BCUT2D eigenvalue weighted by atomic mass is 10.2. The second-order valence-electron chi connectivity index (χ2n) is 4.43. The quantitative estimate of drug-likeness (QED) is 0.841. The van der Waals surface area contributed by atoms with Gasteiger partial charge in [0.05, 0.1) is 12.3 Å². The Hall–Kier alpha value is -2.06. The number of nitrogen functional groups attached to an aromatic ring is 1. The lowest BCUT2D eigenvalue weighted by Crippen LogP contribution is -2.15. The van der Waals surface area contributed by atoms with Crippen molar-refractivity contribution in [2.24, 2.45) is 0 Å². The number of aryl methyl sites for hydroxylation is 1. The van der Waals surface area contributed by atoms with Gasteiger partial charge in [0.25, 0.3) is 10.0 Å². The number of anilines is 2. The summed E-state index contributed by atoms with van der Waals surface area (Å²) in [5, 5.41) is 3.95. The monoisotopic (exact) mass is 310 g/mol. The number of rotatable bonds is 6. The van der Waals surface area contributed by atoms with Gasteiger partial charge >= 0.3 is 0 Å². The van der Waals surface area contributed by atoms with Gasteiger partial charge in [-0.05, 0) is 13.0 Å². The average molecular weight is 310 g/mol. The Morgan fingerprint density at radius 2 is 2.10 bits per heavy atom. The second kappa shape index (κ2) is 6.15. The van der Waals surface area contributed by atoms with Crippen LogP contribution >= 0.6 is 0 Å². The summed E-state index contributed by atoms with van der Waals surface area (Å²) < 4.78 is 33.9. The fourth-order valence-electron chi connectivity index (χ4n) is 1.89. The van der Waals surface area contributed by atoms with Gasteiger partial charge < -0.3 is 10.5 Å². The molecule has 21 heavy (non-hydrogen) atoms. The fourth-order valence-corrected chi connectivity index (χ4v) is 3.06. The van der Waals surface area contributed by atoms with E-state index in [1.807, 2.05) is 13.0 Å². The molecule has 0 aliphatic rings. The molecular weight excluding hydrogens is 292 g/mol. The number of hydrogen-bond donors (Lipinski definition) is 2. The van der Waals surface area contributed by atoms with Crippen LogP contribution in [0.4, 0.5) is 11.5 Å². The number of ether oxygens (including phenoxy) is 1. The van der Waals surface area contributed by atoms with Crippen LogP contribution in [0.3, 0.4) is 0 Å². The van der Waals surface area contributed by atoms with Crippen LogP contribution in [0.25, 0.3) is 0 Å². The molecule has 0 aliphatic carbocycles. The van der Waals surface area contributed by atoms with Crippen LogP contribution in [0.5, 0.6) is 0 Å². The third-order valence-corrected chi connectivity index (χ3v) is 4.31. The fraction of sp³-hybridized carbons (Fsp3) is 0.308. The Balaban J connectivity index is 2.35. The lowest BCUT2D eigenvalue weighted by molar-refractivity contribution is 0.185. The number of nitrogens with one attached hydrogen (secondary N) is 1. The first-order valence-corrected chi connectivity index (χ1v) is 7.89. The number of nitrogens with two attached hydrogens (primary N) is 1. The van der Waals surface area contributed by atoms with Crippen LogP contribution in [0.2, 0.25) is 0 Å². The summed E-state index contributed by atoms with van der Waals surface area (Å²) in [7, 11) is -2.24. The molecule has 7 nitrogen and oxygen atoms in total. The topological polar surface area (TPSA) is 99.2 Å². The van der Waals surface area contributed by atoms with Crippen molar-refractivity contribution in [3.63, 3.8) is 0 Å². The van der Waals surface area contributed by atoms with E-state index in [4.69, 9.17) is 10.5 Å². The number of sulfonamides is 1. The highest BCUT2D eigenvalue weighted by Gasteiger charge is 2.22. The summed E-state index contributed by atoms with van der Waals surface area (Å²) in [6.07, 6.45) is 1.41. The minimum absolute atomic E-state index is 0.0198. The van der Waals surface area contributed by atoms with E-state index in [-0.39, 0.29) is 10.7 Å². The Bertz CT molecular complexity index is 725. The summed E-state index contributed by atoms with van der Waals surface area (Å²) >= 11 is 0. The number of benzene rings is 1. The van der Waals surface area contributed by atoms with Crippen LogP contribution in [0.1, 0.15) is 12.5 Å². The van der Waals surface area contributed by atoms with E-state index >= 15 is 0 Å². The van der Waals surface area contributed by atoms with Crippen molar-refractivity contribution < 1.29 is 13.2 Å². The summed E-state index contributed by atoms with van der Waals surface area (Å²) in [5.74, 6) is -0.0198. The normalized spacial score (nSPS) is 11.5. The van der Waals surface area contributed by atoms with E-state index in [1.165, 1.54) is 10.9 Å². The third-order valence-electron chi connectivity index (χ3n) is 2.93. The minimum Gasteiger partial charge on any atom is -0.381 e. The zero-order chi connectivity index (χ0) is 15.5. The molecule has 0 amide bonds. The van der Waals surface area contributed by atoms with Crippen LogP contribution in [0.15, 0.2) is 35.4 Å². The van der Waals surface area contributed by atoms with Gasteiger partial charge in [0.15, 0.2) is 5.82 Å². The molecule has 1 aromatic heterocycles. The molecule has 0 unspecified atom stereocenters. The summed E-state index contributed by atoms with van der Waals surface area (Å²) in [4.78, 5) is -0.0310. The smallest absolute Gasteiger partial charge is 0.267 e. The maximum absolute atomic E-state index is 12.4. The minimum atomic E-state index is -3.79. The van der Waals surface area contributed by atoms with Crippen molar-refractivity contribution in [2.45, 2.75) is 25.0 Å². The molecule has 2 aromatic rings. The van der Waals surface area contributed by atoms with Crippen LogP contribution < -0.4 is 10.5 Å². The molecular formula is C13H18N4O3S. The van der Waals surface area contributed by atoms with Gasteiger partial charge in [-0.1, -0.05) is 18.2 Å². The van der Waals surface area contributed by atoms with Gasteiger partial charge in [-0.3, -0.25) is 9.40 Å². The molecule has 2 rings (SSSR count). The average Bonchev–Trinajstić information content (AvgIpc) is 2.83. The molecule has 0 fully saturated rings. The predicted molar refractivity (Wildman–Crippen MR) is 80.3 cm³/mol. The van der Waals surface area contributed by atoms with E-state index in [2.05, 4.69) is 9.82 Å². The van der Waals surface area contributed by atoms with Gasteiger partial charge in [0.2, 0.25) is 0 Å². The zero-order valence-electron chi connectivity index (χ0n) is 11.9. The molecule has 114 valence electrons. The lowest BCUT2D eigenvalue weighted by Gasteiger charge is -2.11. The number of aromatic nitrogens is 2. The van der Waals surface area contributed by atoms with E-state index in [9.17, 15) is 8.42 Å². The Labute approximate surface area is 123 Å². The number of nitrogens with zero attached hydrogens (tertiary/aromatic N) is 2. The van der Waals surface area contributed by atoms with Crippen molar-refractivity contribution in [3.05, 3.63) is 36.0 Å². The highest BCUT2D eigenvalue weighted by atomic mass is 32.2. The SMILES string of the molecule is CCn1cc(S(=O)(=O)Nc2ccccc2COC)c(N)n1. The molecule has 1 heterocycles. The van der Waals surface area contributed by atoms with Crippen LogP contribution in [-0.2, 0) is 27.9 Å². The van der Waals surface area contributed by atoms with Crippen molar-refractivity contribution in [1.29, 1.82) is 0 Å². The maximum Gasteiger partial charge on any atom is 0.267 e. The molecule has 0 saturated carbocycles. The highest BCUT2D eigenvalue weighted by Crippen LogP contribution is 2.23. The summed E-state index contributed by atoms with van der Waals surface area (Å²) in [5.41, 5.74) is 6.88. The standard InChI is InChI=1S/C13H18N4O3S/c1-3-17-8-12(13(14)15-17)21(18,19)16-11-7-5-4-6-10(11)9-20-2/h4-8,16H,3,9H2,1-2H3,(H2,14,15). The Kier molecular flexibility index (Phi) is 4.49. The molecule has 3 N–H and O–H groups in total. The van der Waals surface area contributed by atoms with Gasteiger partial charge in [-0.2, -0.15) is 5.10 Å². The third kappa shape index (κ3) is 3.34. The Morgan fingerprint density at radius 3 is 2.71 bits per heavy atom. The van der Waals surface area contributed by atoms with Crippen molar-refractivity contribution >= 4 is 21.5 Å². The van der Waals surface area contributed by atoms with Crippen molar-refractivity contribution in [1.82, 2.24) is 9.78 Å². The molecule has 8 heteroatoms.